The van der Waals surface area contributed by atoms with Gasteiger partial charge in [0.05, 0.1) is 0 Å². The highest BCUT2D eigenvalue weighted by atomic mass is 15.1. The van der Waals surface area contributed by atoms with E-state index < -0.39 is 0 Å². The lowest BCUT2D eigenvalue weighted by molar-refractivity contribution is 1.02. The van der Waals surface area contributed by atoms with Gasteiger partial charge in [0, 0.05) is 26.2 Å². The van der Waals surface area contributed by atoms with Crippen molar-refractivity contribution in [1.82, 2.24) is 4.98 Å². The number of nitrogens with zero attached hydrogens (tertiary/aromatic N) is 2. The maximum Gasteiger partial charge on any atom is 0.128 e. The minimum Gasteiger partial charge on any atom is -0.363 e. The van der Waals surface area contributed by atoms with Gasteiger partial charge in [-0.15, -0.1) is 6.58 Å². The molecule has 0 atom stereocenters. The first-order valence-corrected chi connectivity index (χ1v) is 3.98. The van der Waals surface area contributed by atoms with Crippen LogP contribution in [0.2, 0.25) is 0 Å². The standard InChI is InChI=1S/C10H14N2/c1-4-6-9-7-5-8-10(11-9)12(2)3/h4-5,7-8H,1,6H2,2-3H3. The first-order valence-electron chi connectivity index (χ1n) is 3.98. The van der Waals surface area contributed by atoms with Crippen molar-refractivity contribution >= 4 is 5.82 Å². The topological polar surface area (TPSA) is 16.1 Å². The smallest absolute Gasteiger partial charge is 0.128 e. The zero-order valence-electron chi connectivity index (χ0n) is 7.62. The zero-order valence-corrected chi connectivity index (χ0v) is 7.62. The quantitative estimate of drug-likeness (QED) is 0.631. The van der Waals surface area contributed by atoms with Gasteiger partial charge in [0.25, 0.3) is 0 Å². The molecule has 0 saturated carbocycles. The van der Waals surface area contributed by atoms with Crippen molar-refractivity contribution in [1.29, 1.82) is 0 Å². The van der Waals surface area contributed by atoms with Crippen LogP contribution in [0, 0.1) is 0 Å². The Balaban J connectivity index is 2.87. The Kier molecular flexibility index (Phi) is 2.86. The van der Waals surface area contributed by atoms with E-state index in [1.165, 1.54) is 0 Å². The second-order valence-corrected chi connectivity index (χ2v) is 2.87. The normalized spacial score (nSPS) is 9.50. The molecule has 1 heterocycles. The van der Waals surface area contributed by atoms with Gasteiger partial charge in [-0.05, 0) is 12.1 Å². The summed E-state index contributed by atoms with van der Waals surface area (Å²) >= 11 is 0. The third-order valence-electron chi connectivity index (χ3n) is 1.60. The first-order chi connectivity index (χ1) is 5.74. The van der Waals surface area contributed by atoms with Crippen molar-refractivity contribution in [3.63, 3.8) is 0 Å². The third-order valence-corrected chi connectivity index (χ3v) is 1.60. The number of anilines is 1. The second kappa shape index (κ2) is 3.90. The Morgan fingerprint density at radius 3 is 2.83 bits per heavy atom. The molecule has 0 bridgehead atoms. The number of hydrogen-bond acceptors (Lipinski definition) is 2. The summed E-state index contributed by atoms with van der Waals surface area (Å²) in [6.07, 6.45) is 2.70. The van der Waals surface area contributed by atoms with Gasteiger partial charge >= 0.3 is 0 Å². The van der Waals surface area contributed by atoms with Crippen LogP contribution < -0.4 is 4.90 Å². The SMILES string of the molecule is C=CCc1cccc(N(C)C)n1. The van der Waals surface area contributed by atoms with Gasteiger partial charge in [0.2, 0.25) is 0 Å². The lowest BCUT2D eigenvalue weighted by atomic mass is 10.2. The van der Waals surface area contributed by atoms with Crippen LogP contribution in [-0.2, 0) is 6.42 Å². The fourth-order valence-electron chi connectivity index (χ4n) is 0.978. The molecule has 0 N–H and O–H groups in total. The molecule has 1 aromatic heterocycles. The van der Waals surface area contributed by atoms with E-state index in [9.17, 15) is 0 Å². The lowest BCUT2D eigenvalue weighted by Gasteiger charge is -2.11. The van der Waals surface area contributed by atoms with E-state index in [0.717, 1.165) is 17.9 Å². The molecule has 0 saturated heterocycles. The molecular weight excluding hydrogens is 148 g/mol. The van der Waals surface area contributed by atoms with E-state index in [4.69, 9.17) is 0 Å². The molecular formula is C10H14N2. The van der Waals surface area contributed by atoms with Gasteiger partial charge in [-0.2, -0.15) is 0 Å². The van der Waals surface area contributed by atoms with Gasteiger partial charge in [-0.1, -0.05) is 12.1 Å². The predicted molar refractivity (Wildman–Crippen MR) is 52.5 cm³/mol. The van der Waals surface area contributed by atoms with Crippen LogP contribution in [0.5, 0.6) is 0 Å². The number of rotatable bonds is 3. The van der Waals surface area contributed by atoms with Crippen molar-refractivity contribution in [3.8, 4) is 0 Å². The van der Waals surface area contributed by atoms with Crippen LogP contribution in [0.3, 0.4) is 0 Å². The number of aromatic nitrogens is 1. The van der Waals surface area contributed by atoms with Crippen LogP contribution in [0.4, 0.5) is 5.82 Å². The summed E-state index contributed by atoms with van der Waals surface area (Å²) in [5, 5.41) is 0. The highest BCUT2D eigenvalue weighted by molar-refractivity contribution is 5.37. The third kappa shape index (κ3) is 2.09. The molecule has 0 unspecified atom stereocenters. The van der Waals surface area contributed by atoms with Crippen molar-refractivity contribution < 1.29 is 0 Å². The second-order valence-electron chi connectivity index (χ2n) is 2.87. The Labute approximate surface area is 73.5 Å². The maximum absolute atomic E-state index is 4.42. The molecule has 0 aliphatic carbocycles. The van der Waals surface area contributed by atoms with E-state index in [2.05, 4.69) is 11.6 Å². The van der Waals surface area contributed by atoms with Gasteiger partial charge in [-0.25, -0.2) is 4.98 Å². The minimum atomic E-state index is 0.835. The highest BCUT2D eigenvalue weighted by Gasteiger charge is 1.96. The molecule has 0 aliphatic rings. The zero-order chi connectivity index (χ0) is 8.97. The number of hydrogen-bond donors (Lipinski definition) is 0. The van der Waals surface area contributed by atoms with Crippen LogP contribution in [-0.4, -0.2) is 19.1 Å². The van der Waals surface area contributed by atoms with Crippen LogP contribution in [0.25, 0.3) is 0 Å². The molecule has 1 aromatic rings. The van der Waals surface area contributed by atoms with E-state index in [-0.39, 0.29) is 0 Å². The fourth-order valence-corrected chi connectivity index (χ4v) is 0.978. The number of allylic oxidation sites excluding steroid dienone is 1. The van der Waals surface area contributed by atoms with Gasteiger partial charge in [0.1, 0.15) is 5.82 Å². The molecule has 0 aromatic carbocycles. The molecule has 0 radical (unpaired) electrons. The number of pyridine rings is 1. The van der Waals surface area contributed by atoms with Crippen molar-refractivity contribution in [2.75, 3.05) is 19.0 Å². The Morgan fingerprint density at radius 2 is 2.25 bits per heavy atom. The molecule has 12 heavy (non-hydrogen) atoms. The van der Waals surface area contributed by atoms with Crippen molar-refractivity contribution in [2.24, 2.45) is 0 Å². The molecule has 1 rings (SSSR count). The molecule has 2 nitrogen and oxygen atoms in total. The Hall–Kier alpha value is -1.31. The van der Waals surface area contributed by atoms with Crippen LogP contribution >= 0.6 is 0 Å². The lowest BCUT2D eigenvalue weighted by Crippen LogP contribution is -2.10. The summed E-state index contributed by atoms with van der Waals surface area (Å²) in [6, 6.07) is 6.02. The molecule has 64 valence electrons. The van der Waals surface area contributed by atoms with Gasteiger partial charge in [-0.3, -0.25) is 0 Å². The van der Waals surface area contributed by atoms with E-state index in [1.54, 1.807) is 0 Å². The van der Waals surface area contributed by atoms with Crippen molar-refractivity contribution in [3.05, 3.63) is 36.5 Å². The first kappa shape index (κ1) is 8.78. The average molecular weight is 162 g/mol. The Morgan fingerprint density at radius 1 is 1.50 bits per heavy atom. The van der Waals surface area contributed by atoms with Gasteiger partial charge < -0.3 is 4.90 Å². The summed E-state index contributed by atoms with van der Waals surface area (Å²) in [4.78, 5) is 6.41. The minimum absolute atomic E-state index is 0.835. The van der Waals surface area contributed by atoms with Gasteiger partial charge in [0.15, 0.2) is 0 Å². The van der Waals surface area contributed by atoms with E-state index in [0.29, 0.717) is 0 Å². The largest absolute Gasteiger partial charge is 0.363 e. The maximum atomic E-state index is 4.42. The molecule has 2 heteroatoms. The van der Waals surface area contributed by atoms with Crippen LogP contribution in [0.15, 0.2) is 30.9 Å². The summed E-state index contributed by atoms with van der Waals surface area (Å²) < 4.78 is 0. The van der Waals surface area contributed by atoms with E-state index in [1.807, 2.05) is 43.3 Å². The highest BCUT2D eigenvalue weighted by Crippen LogP contribution is 2.07. The van der Waals surface area contributed by atoms with Crippen molar-refractivity contribution in [2.45, 2.75) is 6.42 Å². The summed E-state index contributed by atoms with van der Waals surface area (Å²) in [6.45, 7) is 3.68. The fraction of sp³-hybridized carbons (Fsp3) is 0.300. The van der Waals surface area contributed by atoms with E-state index >= 15 is 0 Å². The average Bonchev–Trinajstić information content (AvgIpc) is 2.05. The predicted octanol–water partition coefficient (Wildman–Crippen LogP) is 1.88. The molecule has 0 aliphatic heterocycles. The molecule has 0 spiro atoms. The summed E-state index contributed by atoms with van der Waals surface area (Å²) in [7, 11) is 3.97. The molecule has 0 amide bonds. The Bertz CT molecular complexity index is 266. The monoisotopic (exact) mass is 162 g/mol. The summed E-state index contributed by atoms with van der Waals surface area (Å²) in [5.74, 6) is 0.995. The molecule has 0 fully saturated rings. The summed E-state index contributed by atoms with van der Waals surface area (Å²) in [5.41, 5.74) is 1.07. The van der Waals surface area contributed by atoms with Crippen LogP contribution in [0.1, 0.15) is 5.69 Å².